The molecule has 4 heteroatoms. The number of carbonyl (C=O) groups is 1. The summed E-state index contributed by atoms with van der Waals surface area (Å²) in [5, 5.41) is 10.1. The van der Waals surface area contributed by atoms with Crippen molar-refractivity contribution < 1.29 is 14.6 Å². The maximum absolute atomic E-state index is 11.0. The first kappa shape index (κ1) is 17.7. The minimum absolute atomic E-state index is 0.306. The summed E-state index contributed by atoms with van der Waals surface area (Å²) in [5.74, 6) is -0.241. The lowest BCUT2D eigenvalue weighted by molar-refractivity contribution is -0.139. The molecule has 1 N–H and O–H groups in total. The van der Waals surface area contributed by atoms with Crippen molar-refractivity contribution in [2.75, 3.05) is 6.61 Å². The van der Waals surface area contributed by atoms with Gasteiger partial charge in [-0.05, 0) is 60.9 Å². The van der Waals surface area contributed by atoms with Crippen LogP contribution in [0.5, 0.6) is 5.75 Å². The van der Waals surface area contributed by atoms with E-state index in [-0.39, 0.29) is 6.61 Å². The summed E-state index contributed by atoms with van der Waals surface area (Å²) in [6, 6.07) is 14.8. The Kier molecular flexibility index (Phi) is 4.88. The van der Waals surface area contributed by atoms with Crippen molar-refractivity contribution in [3.63, 3.8) is 0 Å². The Bertz CT molecular complexity index is 972. The molecular weight excluding hydrogens is 338 g/mol. The van der Waals surface area contributed by atoms with E-state index in [4.69, 9.17) is 9.84 Å². The molecule has 1 aromatic heterocycles. The largest absolute Gasteiger partial charge is 0.481 e. The van der Waals surface area contributed by atoms with Gasteiger partial charge in [0.1, 0.15) is 5.75 Å². The second-order valence-electron chi connectivity index (χ2n) is 7.23. The molecule has 0 fully saturated rings. The van der Waals surface area contributed by atoms with Crippen molar-refractivity contribution in [2.45, 2.75) is 45.6 Å². The lowest BCUT2D eigenvalue weighted by atomic mass is 9.89. The van der Waals surface area contributed by atoms with Gasteiger partial charge < -0.3 is 14.4 Å². The molecule has 4 nitrogen and oxygen atoms in total. The monoisotopic (exact) mass is 363 g/mol. The number of fused-ring (bicyclic) bond motifs is 3. The van der Waals surface area contributed by atoms with Crippen molar-refractivity contribution >= 4 is 16.9 Å². The molecule has 0 spiro atoms. The van der Waals surface area contributed by atoms with E-state index in [2.05, 4.69) is 47.9 Å². The van der Waals surface area contributed by atoms with Crippen LogP contribution >= 0.6 is 0 Å². The third-order valence-corrected chi connectivity index (χ3v) is 5.45. The van der Waals surface area contributed by atoms with Gasteiger partial charge in [-0.2, -0.15) is 0 Å². The molecule has 0 atom stereocenters. The zero-order chi connectivity index (χ0) is 18.8. The number of carboxylic acids is 1. The molecule has 2 aromatic carbocycles. The van der Waals surface area contributed by atoms with Crippen LogP contribution in [0.25, 0.3) is 10.9 Å². The summed E-state index contributed by atoms with van der Waals surface area (Å²) >= 11 is 0. The molecule has 1 aliphatic rings. The van der Waals surface area contributed by atoms with E-state index >= 15 is 0 Å². The highest BCUT2D eigenvalue weighted by Gasteiger charge is 2.21. The third-order valence-electron chi connectivity index (χ3n) is 5.45. The highest BCUT2D eigenvalue weighted by atomic mass is 16.5. The molecule has 1 aliphatic carbocycles. The first-order valence-electron chi connectivity index (χ1n) is 9.72. The SMILES string of the molecule is CCc1cc2c(OCC(=O)O)cc3c(c2n1Cc1ccccc1)CCCC3. The van der Waals surface area contributed by atoms with Gasteiger partial charge >= 0.3 is 5.97 Å². The second kappa shape index (κ2) is 7.47. The lowest BCUT2D eigenvalue weighted by Gasteiger charge is -2.21. The van der Waals surface area contributed by atoms with Crippen LogP contribution < -0.4 is 4.74 Å². The van der Waals surface area contributed by atoms with Crippen molar-refractivity contribution in [3.8, 4) is 5.75 Å². The van der Waals surface area contributed by atoms with E-state index in [1.807, 2.05) is 6.07 Å². The maximum atomic E-state index is 11.0. The summed E-state index contributed by atoms with van der Waals surface area (Å²) in [6.07, 6.45) is 5.42. The average molecular weight is 363 g/mol. The van der Waals surface area contributed by atoms with Gasteiger partial charge in [0, 0.05) is 17.6 Å². The van der Waals surface area contributed by atoms with Gasteiger partial charge in [-0.15, -0.1) is 0 Å². The number of carboxylic acid groups (broad SMARTS) is 1. The molecule has 0 bridgehead atoms. The van der Waals surface area contributed by atoms with E-state index in [9.17, 15) is 4.79 Å². The minimum atomic E-state index is -0.944. The van der Waals surface area contributed by atoms with Crippen molar-refractivity contribution in [1.82, 2.24) is 4.57 Å². The Morgan fingerprint density at radius 1 is 1.15 bits per heavy atom. The maximum Gasteiger partial charge on any atom is 0.341 e. The standard InChI is InChI=1S/C23H25NO3/c1-2-18-13-20-21(27-15-22(25)26)12-17-10-6-7-11-19(17)23(20)24(18)14-16-8-4-3-5-9-16/h3-5,8-9,12-13H,2,6-7,10-11,14-15H2,1H3,(H,25,26). The number of aromatic nitrogens is 1. The molecule has 0 saturated heterocycles. The number of hydrogen-bond acceptors (Lipinski definition) is 2. The molecule has 140 valence electrons. The molecule has 0 aliphatic heterocycles. The molecule has 0 radical (unpaired) electrons. The molecule has 0 amide bonds. The van der Waals surface area contributed by atoms with Gasteiger partial charge in [0.2, 0.25) is 0 Å². The average Bonchev–Trinajstić information content (AvgIpc) is 3.05. The fraction of sp³-hybridized carbons (Fsp3) is 0.348. The first-order chi connectivity index (χ1) is 13.2. The number of nitrogens with zero attached hydrogens (tertiary/aromatic N) is 1. The van der Waals surface area contributed by atoms with Crippen LogP contribution in [0.15, 0.2) is 42.5 Å². The minimum Gasteiger partial charge on any atom is -0.481 e. The predicted octanol–water partition coefficient (Wildman–Crippen LogP) is 4.59. The van der Waals surface area contributed by atoms with Gasteiger partial charge in [0.05, 0.1) is 5.52 Å². The fourth-order valence-electron chi connectivity index (χ4n) is 4.21. The smallest absolute Gasteiger partial charge is 0.341 e. The topological polar surface area (TPSA) is 51.5 Å². The zero-order valence-electron chi connectivity index (χ0n) is 15.7. The Balaban J connectivity index is 1.90. The normalized spacial score (nSPS) is 13.5. The summed E-state index contributed by atoms with van der Waals surface area (Å²) in [5.41, 5.74) is 6.48. The quantitative estimate of drug-likeness (QED) is 0.697. The van der Waals surface area contributed by atoms with Crippen LogP contribution in [0, 0.1) is 0 Å². The number of aliphatic carboxylic acids is 1. The van der Waals surface area contributed by atoms with Gasteiger partial charge in [-0.3, -0.25) is 0 Å². The molecular formula is C23H25NO3. The highest BCUT2D eigenvalue weighted by molar-refractivity contribution is 5.92. The molecule has 27 heavy (non-hydrogen) atoms. The van der Waals surface area contributed by atoms with Gasteiger partial charge in [-0.25, -0.2) is 4.79 Å². The molecule has 4 rings (SSSR count). The number of ether oxygens (including phenoxy) is 1. The van der Waals surface area contributed by atoms with Crippen molar-refractivity contribution in [2.24, 2.45) is 0 Å². The molecule has 1 heterocycles. The number of hydrogen-bond donors (Lipinski definition) is 1. The molecule has 0 saturated carbocycles. The Labute approximate surface area is 159 Å². The molecule has 0 unspecified atom stereocenters. The second-order valence-corrected chi connectivity index (χ2v) is 7.23. The number of rotatable bonds is 6. The summed E-state index contributed by atoms with van der Waals surface area (Å²) in [7, 11) is 0. The highest BCUT2D eigenvalue weighted by Crippen LogP contribution is 2.38. The van der Waals surface area contributed by atoms with E-state index in [0.29, 0.717) is 5.75 Å². The van der Waals surface area contributed by atoms with Crippen LogP contribution in [-0.2, 0) is 30.6 Å². The Morgan fingerprint density at radius 2 is 1.93 bits per heavy atom. The summed E-state index contributed by atoms with van der Waals surface area (Å²) < 4.78 is 8.10. The van der Waals surface area contributed by atoms with Crippen LogP contribution in [0.1, 0.15) is 42.1 Å². The molecule has 3 aromatic rings. The predicted molar refractivity (Wildman–Crippen MR) is 107 cm³/mol. The Hall–Kier alpha value is -2.75. The van der Waals surface area contributed by atoms with E-state index in [0.717, 1.165) is 31.2 Å². The van der Waals surface area contributed by atoms with Gasteiger partial charge in [0.15, 0.2) is 6.61 Å². The summed E-state index contributed by atoms with van der Waals surface area (Å²) in [4.78, 5) is 11.0. The van der Waals surface area contributed by atoms with Crippen LogP contribution in [0.4, 0.5) is 0 Å². The third kappa shape index (κ3) is 3.44. The fourth-order valence-corrected chi connectivity index (χ4v) is 4.21. The van der Waals surface area contributed by atoms with Gasteiger partial charge in [-0.1, -0.05) is 37.3 Å². The van der Waals surface area contributed by atoms with Crippen molar-refractivity contribution in [1.29, 1.82) is 0 Å². The van der Waals surface area contributed by atoms with Crippen LogP contribution in [0.2, 0.25) is 0 Å². The number of aryl methyl sites for hydroxylation is 3. The van der Waals surface area contributed by atoms with Crippen LogP contribution in [0.3, 0.4) is 0 Å². The zero-order valence-corrected chi connectivity index (χ0v) is 15.7. The van der Waals surface area contributed by atoms with Crippen LogP contribution in [-0.4, -0.2) is 22.2 Å². The first-order valence-corrected chi connectivity index (χ1v) is 9.72. The van der Waals surface area contributed by atoms with Gasteiger partial charge in [0.25, 0.3) is 0 Å². The lowest BCUT2D eigenvalue weighted by Crippen LogP contribution is -2.12. The van der Waals surface area contributed by atoms with Crippen molar-refractivity contribution in [3.05, 3.63) is 64.8 Å². The summed E-state index contributed by atoms with van der Waals surface area (Å²) in [6.45, 7) is 2.68. The number of benzene rings is 2. The van der Waals surface area contributed by atoms with E-state index in [1.54, 1.807) is 0 Å². The van der Waals surface area contributed by atoms with E-state index < -0.39 is 5.97 Å². The Morgan fingerprint density at radius 3 is 2.67 bits per heavy atom. The van der Waals surface area contributed by atoms with E-state index in [1.165, 1.54) is 40.7 Å².